The van der Waals surface area contributed by atoms with Crippen molar-refractivity contribution in [2.24, 2.45) is 0 Å². The molecule has 0 radical (unpaired) electrons. The molecule has 0 saturated heterocycles. The fourth-order valence-electron chi connectivity index (χ4n) is 2.00. The summed E-state index contributed by atoms with van der Waals surface area (Å²) >= 11 is 2.69. The third-order valence-corrected chi connectivity index (χ3v) is 4.94. The Morgan fingerprint density at radius 1 is 1.22 bits per heavy atom. The Labute approximate surface area is 139 Å². The van der Waals surface area contributed by atoms with Crippen LogP contribution in [0.15, 0.2) is 54.2 Å². The molecular weight excluding hydrogens is 332 g/mol. The molecule has 5 nitrogen and oxygen atoms in total. The van der Waals surface area contributed by atoms with Crippen LogP contribution >= 0.6 is 22.7 Å². The number of carbonyl (C=O) groups is 1. The summed E-state index contributed by atoms with van der Waals surface area (Å²) in [5, 5.41) is 11.1. The first-order chi connectivity index (χ1) is 11.1. The predicted molar refractivity (Wildman–Crippen MR) is 91.9 cm³/mol. The van der Waals surface area contributed by atoms with Crippen molar-refractivity contribution in [1.82, 2.24) is 4.98 Å². The standard InChI is InChI=1S/C16H10N2O3S2/c19-14(6-5-11-9-17-10-22-11)16-8-7-15(23-16)12-3-1-2-4-13(12)18(20)21/h1-10H/b6-5+. The zero-order chi connectivity index (χ0) is 16.2. The lowest BCUT2D eigenvalue weighted by atomic mass is 10.1. The zero-order valence-electron chi connectivity index (χ0n) is 11.7. The average molecular weight is 342 g/mol. The molecule has 0 amide bonds. The van der Waals surface area contributed by atoms with Gasteiger partial charge in [0.05, 0.1) is 20.9 Å². The molecule has 3 aromatic rings. The number of thiophene rings is 1. The van der Waals surface area contributed by atoms with E-state index in [4.69, 9.17) is 0 Å². The Morgan fingerprint density at radius 2 is 2.04 bits per heavy atom. The SMILES string of the molecule is O=C(/C=C/c1cncs1)c1ccc(-c2ccccc2[N+](=O)[O-])s1. The summed E-state index contributed by atoms with van der Waals surface area (Å²) in [7, 11) is 0. The largest absolute Gasteiger partial charge is 0.288 e. The van der Waals surface area contributed by atoms with E-state index in [1.807, 2.05) is 0 Å². The van der Waals surface area contributed by atoms with E-state index in [-0.39, 0.29) is 11.5 Å². The van der Waals surface area contributed by atoms with Crippen LogP contribution in [0.3, 0.4) is 0 Å². The number of nitro groups is 1. The molecule has 0 atom stereocenters. The van der Waals surface area contributed by atoms with Crippen molar-refractivity contribution in [2.45, 2.75) is 0 Å². The van der Waals surface area contributed by atoms with E-state index < -0.39 is 4.92 Å². The van der Waals surface area contributed by atoms with Crippen molar-refractivity contribution in [3.63, 3.8) is 0 Å². The molecule has 3 rings (SSSR count). The molecule has 2 heterocycles. The lowest BCUT2D eigenvalue weighted by Gasteiger charge is -1.98. The molecule has 7 heteroatoms. The minimum atomic E-state index is -0.416. The van der Waals surface area contributed by atoms with Crippen molar-refractivity contribution in [1.29, 1.82) is 0 Å². The van der Waals surface area contributed by atoms with Gasteiger partial charge in [-0.15, -0.1) is 22.7 Å². The highest BCUT2D eigenvalue weighted by Crippen LogP contribution is 2.34. The van der Waals surface area contributed by atoms with Crippen LogP contribution in [0.2, 0.25) is 0 Å². The van der Waals surface area contributed by atoms with Crippen LogP contribution in [0.25, 0.3) is 16.5 Å². The number of thiazole rings is 1. The van der Waals surface area contributed by atoms with Gasteiger partial charge < -0.3 is 0 Å². The van der Waals surface area contributed by atoms with Gasteiger partial charge in [0.2, 0.25) is 0 Å². The number of hydrogen-bond donors (Lipinski definition) is 0. The number of allylic oxidation sites excluding steroid dienone is 1. The van der Waals surface area contributed by atoms with Crippen molar-refractivity contribution < 1.29 is 9.72 Å². The fourth-order valence-corrected chi connectivity index (χ4v) is 3.48. The second kappa shape index (κ2) is 6.64. The molecular formula is C16H10N2O3S2. The number of aromatic nitrogens is 1. The van der Waals surface area contributed by atoms with Crippen molar-refractivity contribution in [3.05, 3.63) is 74.1 Å². The highest BCUT2D eigenvalue weighted by atomic mass is 32.1. The minimum Gasteiger partial charge on any atom is -0.288 e. The number of hydrogen-bond acceptors (Lipinski definition) is 6. The average Bonchev–Trinajstić information content (AvgIpc) is 3.24. The summed E-state index contributed by atoms with van der Waals surface area (Å²) in [4.78, 5) is 28.9. The van der Waals surface area contributed by atoms with Crippen LogP contribution in [0, 0.1) is 10.1 Å². The van der Waals surface area contributed by atoms with Crippen LogP contribution in [0.4, 0.5) is 5.69 Å². The van der Waals surface area contributed by atoms with Crippen molar-refractivity contribution in [3.8, 4) is 10.4 Å². The van der Waals surface area contributed by atoms with E-state index in [2.05, 4.69) is 4.98 Å². The number of para-hydroxylation sites is 1. The quantitative estimate of drug-likeness (QED) is 0.292. The number of ketones is 1. The highest BCUT2D eigenvalue weighted by molar-refractivity contribution is 7.17. The summed E-state index contributed by atoms with van der Waals surface area (Å²) in [6.45, 7) is 0. The van der Waals surface area contributed by atoms with E-state index in [0.717, 1.165) is 4.88 Å². The normalized spacial score (nSPS) is 11.0. The Balaban J connectivity index is 1.86. The van der Waals surface area contributed by atoms with Gasteiger partial charge in [-0.3, -0.25) is 19.9 Å². The molecule has 2 aromatic heterocycles. The van der Waals surface area contributed by atoms with Gasteiger partial charge in [0.1, 0.15) is 0 Å². The van der Waals surface area contributed by atoms with E-state index >= 15 is 0 Å². The van der Waals surface area contributed by atoms with E-state index in [0.29, 0.717) is 15.3 Å². The minimum absolute atomic E-state index is 0.0357. The maximum absolute atomic E-state index is 12.2. The first kappa shape index (κ1) is 15.3. The van der Waals surface area contributed by atoms with Gasteiger partial charge in [-0.2, -0.15) is 0 Å². The Hall–Kier alpha value is -2.64. The molecule has 114 valence electrons. The summed E-state index contributed by atoms with van der Waals surface area (Å²) in [5.74, 6) is -0.131. The van der Waals surface area contributed by atoms with Crippen LogP contribution < -0.4 is 0 Å². The molecule has 0 unspecified atom stereocenters. The fraction of sp³-hybridized carbons (Fsp3) is 0. The van der Waals surface area contributed by atoms with Crippen LogP contribution in [0.1, 0.15) is 14.5 Å². The van der Waals surface area contributed by atoms with Gasteiger partial charge in [0.15, 0.2) is 5.78 Å². The summed E-state index contributed by atoms with van der Waals surface area (Å²) < 4.78 is 0. The maximum Gasteiger partial charge on any atom is 0.278 e. The number of nitro benzene ring substituents is 1. The topological polar surface area (TPSA) is 73.1 Å². The summed E-state index contributed by atoms with van der Waals surface area (Å²) in [6.07, 6.45) is 4.88. The lowest BCUT2D eigenvalue weighted by molar-refractivity contribution is -0.384. The Kier molecular flexibility index (Phi) is 4.40. The Morgan fingerprint density at radius 3 is 2.78 bits per heavy atom. The monoisotopic (exact) mass is 342 g/mol. The van der Waals surface area contributed by atoms with Gasteiger partial charge in [-0.1, -0.05) is 12.1 Å². The lowest BCUT2D eigenvalue weighted by Crippen LogP contribution is -1.90. The third kappa shape index (κ3) is 3.41. The molecule has 0 N–H and O–H groups in total. The van der Waals surface area contributed by atoms with Gasteiger partial charge in [0, 0.05) is 22.0 Å². The third-order valence-electron chi connectivity index (χ3n) is 3.07. The van der Waals surface area contributed by atoms with Crippen molar-refractivity contribution in [2.75, 3.05) is 0 Å². The number of benzene rings is 1. The molecule has 0 saturated carbocycles. The number of carbonyl (C=O) groups excluding carboxylic acids is 1. The van der Waals surface area contributed by atoms with E-state index in [1.165, 1.54) is 34.8 Å². The first-order valence-electron chi connectivity index (χ1n) is 6.59. The van der Waals surface area contributed by atoms with Gasteiger partial charge >= 0.3 is 0 Å². The van der Waals surface area contributed by atoms with Gasteiger partial charge in [-0.05, 0) is 30.4 Å². The Bertz CT molecular complexity index is 882. The molecule has 0 aliphatic rings. The maximum atomic E-state index is 12.2. The molecule has 0 bridgehead atoms. The van der Waals surface area contributed by atoms with Gasteiger partial charge in [0.25, 0.3) is 5.69 Å². The molecule has 0 aliphatic carbocycles. The van der Waals surface area contributed by atoms with Crippen LogP contribution in [-0.4, -0.2) is 15.7 Å². The zero-order valence-corrected chi connectivity index (χ0v) is 13.3. The first-order valence-corrected chi connectivity index (χ1v) is 8.29. The second-order valence-corrected chi connectivity index (χ2v) is 6.54. The molecule has 0 aliphatic heterocycles. The number of nitrogens with zero attached hydrogens (tertiary/aromatic N) is 2. The van der Waals surface area contributed by atoms with E-state index in [1.54, 1.807) is 48.1 Å². The number of rotatable bonds is 5. The van der Waals surface area contributed by atoms with Crippen LogP contribution in [-0.2, 0) is 0 Å². The molecule has 0 spiro atoms. The molecule has 0 fully saturated rings. The highest BCUT2D eigenvalue weighted by Gasteiger charge is 2.16. The van der Waals surface area contributed by atoms with Gasteiger partial charge in [-0.25, -0.2) is 0 Å². The molecule has 23 heavy (non-hydrogen) atoms. The smallest absolute Gasteiger partial charge is 0.278 e. The van der Waals surface area contributed by atoms with Crippen LogP contribution in [0.5, 0.6) is 0 Å². The summed E-state index contributed by atoms with van der Waals surface area (Å²) in [5.41, 5.74) is 2.25. The second-order valence-electron chi connectivity index (χ2n) is 4.54. The predicted octanol–water partition coefficient (Wildman–Crippen LogP) is 4.68. The van der Waals surface area contributed by atoms with Crippen molar-refractivity contribution >= 4 is 40.2 Å². The summed E-state index contributed by atoms with van der Waals surface area (Å²) in [6, 6.07) is 9.94. The molecule has 1 aromatic carbocycles. The van der Waals surface area contributed by atoms with E-state index in [9.17, 15) is 14.9 Å².